The third-order valence-corrected chi connectivity index (χ3v) is 2.35. The van der Waals surface area contributed by atoms with Crippen molar-refractivity contribution < 1.29 is 9.18 Å². The largest absolute Gasteiger partial charge is 0.397 e. The average molecular weight is 233 g/mol. The van der Waals surface area contributed by atoms with E-state index < -0.39 is 0 Å². The van der Waals surface area contributed by atoms with Gasteiger partial charge in [0, 0.05) is 24.0 Å². The van der Waals surface area contributed by atoms with Crippen molar-refractivity contribution in [2.45, 2.75) is 6.54 Å². The van der Waals surface area contributed by atoms with Gasteiger partial charge in [-0.05, 0) is 12.1 Å². The molecule has 5 heteroatoms. The number of carbonyl (C=O) groups excluding carboxylic acids is 1. The first-order valence-corrected chi connectivity index (χ1v) is 5.12. The topological polar surface area (TPSA) is 70.9 Å². The van der Waals surface area contributed by atoms with Gasteiger partial charge in [-0.1, -0.05) is 18.2 Å². The summed E-state index contributed by atoms with van der Waals surface area (Å²) in [5.74, 6) is -0.649. The molecule has 0 bridgehead atoms. The Kier molecular flexibility index (Phi) is 3.09. The normalized spacial score (nSPS) is 10.2. The van der Waals surface area contributed by atoms with Crippen molar-refractivity contribution in [3.8, 4) is 0 Å². The Hall–Kier alpha value is -2.30. The average Bonchev–Trinajstić information content (AvgIpc) is 2.74. The van der Waals surface area contributed by atoms with Crippen LogP contribution in [0.3, 0.4) is 0 Å². The molecule has 4 N–H and O–H groups in total. The zero-order valence-electron chi connectivity index (χ0n) is 9.03. The Morgan fingerprint density at radius 1 is 1.41 bits per heavy atom. The molecule has 88 valence electrons. The molecule has 0 aliphatic rings. The third-order valence-electron chi connectivity index (χ3n) is 2.35. The summed E-state index contributed by atoms with van der Waals surface area (Å²) in [6.07, 6.45) is 1.53. The Morgan fingerprint density at radius 3 is 2.82 bits per heavy atom. The molecule has 4 nitrogen and oxygen atoms in total. The second-order valence-corrected chi connectivity index (χ2v) is 3.62. The summed E-state index contributed by atoms with van der Waals surface area (Å²) in [6.45, 7) is 0.143. The van der Waals surface area contributed by atoms with Crippen molar-refractivity contribution in [2.75, 3.05) is 5.73 Å². The number of hydrogen-bond donors (Lipinski definition) is 3. The number of hydrogen-bond acceptors (Lipinski definition) is 2. The number of aromatic nitrogens is 1. The van der Waals surface area contributed by atoms with Gasteiger partial charge in [0.2, 0.25) is 0 Å². The number of aromatic amines is 1. The van der Waals surface area contributed by atoms with Crippen LogP contribution in [0.25, 0.3) is 0 Å². The highest BCUT2D eigenvalue weighted by atomic mass is 19.1. The molecule has 0 spiro atoms. The number of nitrogens with one attached hydrogen (secondary N) is 2. The van der Waals surface area contributed by atoms with Gasteiger partial charge in [-0.3, -0.25) is 4.79 Å². The quantitative estimate of drug-likeness (QED) is 0.754. The standard InChI is InChI=1S/C12H12FN3O/c13-10-4-2-1-3-8(10)6-16-12(17)11-5-9(14)7-15-11/h1-5,7,15H,6,14H2,(H,16,17). The molecule has 0 unspecified atom stereocenters. The van der Waals surface area contributed by atoms with E-state index in [4.69, 9.17) is 5.73 Å². The zero-order chi connectivity index (χ0) is 12.3. The molecule has 0 aliphatic heterocycles. The van der Waals surface area contributed by atoms with Crippen molar-refractivity contribution in [2.24, 2.45) is 0 Å². The summed E-state index contributed by atoms with van der Waals surface area (Å²) in [5.41, 5.74) is 6.77. The van der Waals surface area contributed by atoms with Crippen molar-refractivity contribution in [1.82, 2.24) is 10.3 Å². The van der Waals surface area contributed by atoms with E-state index in [1.165, 1.54) is 18.3 Å². The van der Waals surface area contributed by atoms with Gasteiger partial charge in [0.15, 0.2) is 0 Å². The first-order chi connectivity index (χ1) is 8.16. The first kappa shape index (κ1) is 11.2. The van der Waals surface area contributed by atoms with Gasteiger partial charge in [0.1, 0.15) is 11.5 Å². The Balaban J connectivity index is 1.99. The van der Waals surface area contributed by atoms with Gasteiger partial charge in [0.25, 0.3) is 5.91 Å². The highest BCUT2D eigenvalue weighted by molar-refractivity contribution is 5.93. The van der Waals surface area contributed by atoms with E-state index in [9.17, 15) is 9.18 Å². The molecule has 2 aromatic rings. The fourth-order valence-corrected chi connectivity index (χ4v) is 1.45. The predicted molar refractivity (Wildman–Crippen MR) is 62.8 cm³/mol. The molecule has 1 aromatic carbocycles. The van der Waals surface area contributed by atoms with Gasteiger partial charge in [0.05, 0.1) is 0 Å². The van der Waals surface area contributed by atoms with E-state index in [1.54, 1.807) is 18.2 Å². The second-order valence-electron chi connectivity index (χ2n) is 3.62. The minimum atomic E-state index is -0.334. The van der Waals surface area contributed by atoms with Crippen LogP contribution in [-0.4, -0.2) is 10.9 Å². The maximum Gasteiger partial charge on any atom is 0.268 e. The van der Waals surface area contributed by atoms with Crippen LogP contribution in [0, 0.1) is 5.82 Å². The van der Waals surface area contributed by atoms with Crippen molar-refractivity contribution in [3.05, 3.63) is 53.6 Å². The van der Waals surface area contributed by atoms with Crippen LogP contribution in [-0.2, 0) is 6.54 Å². The number of carbonyl (C=O) groups is 1. The van der Waals surface area contributed by atoms with E-state index in [0.29, 0.717) is 16.9 Å². The van der Waals surface area contributed by atoms with Gasteiger partial charge < -0.3 is 16.0 Å². The fourth-order valence-electron chi connectivity index (χ4n) is 1.45. The smallest absolute Gasteiger partial charge is 0.268 e. The molecule has 0 fully saturated rings. The van der Waals surface area contributed by atoms with Gasteiger partial charge in [-0.15, -0.1) is 0 Å². The minimum absolute atomic E-state index is 0.143. The number of nitrogens with two attached hydrogens (primary N) is 1. The molecule has 0 radical (unpaired) electrons. The third kappa shape index (κ3) is 2.63. The molecule has 1 heterocycles. The Bertz CT molecular complexity index is 536. The van der Waals surface area contributed by atoms with Crippen molar-refractivity contribution in [3.63, 3.8) is 0 Å². The van der Waals surface area contributed by atoms with E-state index in [0.717, 1.165) is 0 Å². The van der Waals surface area contributed by atoms with Crippen LogP contribution in [0.15, 0.2) is 36.5 Å². The lowest BCUT2D eigenvalue weighted by molar-refractivity contribution is 0.0946. The van der Waals surface area contributed by atoms with Crippen molar-refractivity contribution >= 4 is 11.6 Å². The molecular weight excluding hydrogens is 221 g/mol. The number of rotatable bonds is 3. The van der Waals surface area contributed by atoms with Gasteiger partial charge in [-0.25, -0.2) is 4.39 Å². The molecule has 17 heavy (non-hydrogen) atoms. The summed E-state index contributed by atoms with van der Waals surface area (Å²) in [6, 6.07) is 7.83. The van der Waals surface area contributed by atoms with E-state index in [-0.39, 0.29) is 18.3 Å². The summed E-state index contributed by atoms with van der Waals surface area (Å²) in [7, 11) is 0. The zero-order valence-corrected chi connectivity index (χ0v) is 9.03. The van der Waals surface area contributed by atoms with E-state index in [2.05, 4.69) is 10.3 Å². The molecule has 0 atom stereocenters. The highest BCUT2D eigenvalue weighted by Crippen LogP contribution is 2.07. The molecule has 2 rings (SSSR count). The van der Waals surface area contributed by atoms with Crippen LogP contribution in [0.4, 0.5) is 10.1 Å². The number of nitrogen functional groups attached to an aromatic ring is 1. The number of amides is 1. The maximum absolute atomic E-state index is 13.3. The molecule has 1 aromatic heterocycles. The SMILES string of the molecule is Nc1c[nH]c(C(=O)NCc2ccccc2F)c1. The summed E-state index contributed by atoms with van der Waals surface area (Å²) in [4.78, 5) is 14.3. The van der Waals surface area contributed by atoms with Crippen LogP contribution >= 0.6 is 0 Å². The lowest BCUT2D eigenvalue weighted by Gasteiger charge is -2.04. The minimum Gasteiger partial charge on any atom is -0.397 e. The summed E-state index contributed by atoms with van der Waals surface area (Å²) < 4.78 is 13.3. The number of H-pyrrole nitrogens is 1. The van der Waals surface area contributed by atoms with Crippen LogP contribution in [0.1, 0.15) is 16.1 Å². The lowest BCUT2D eigenvalue weighted by Crippen LogP contribution is -2.23. The summed E-state index contributed by atoms with van der Waals surface area (Å²) in [5, 5.41) is 2.60. The molecule has 1 amide bonds. The van der Waals surface area contributed by atoms with E-state index in [1.807, 2.05) is 0 Å². The fraction of sp³-hybridized carbons (Fsp3) is 0.0833. The maximum atomic E-state index is 13.3. The number of halogens is 1. The van der Waals surface area contributed by atoms with Gasteiger partial charge >= 0.3 is 0 Å². The Morgan fingerprint density at radius 2 is 2.18 bits per heavy atom. The predicted octanol–water partition coefficient (Wildman–Crippen LogP) is 1.67. The monoisotopic (exact) mass is 233 g/mol. The first-order valence-electron chi connectivity index (χ1n) is 5.12. The molecular formula is C12H12FN3O. The second kappa shape index (κ2) is 4.69. The van der Waals surface area contributed by atoms with Crippen LogP contribution in [0.5, 0.6) is 0 Å². The van der Waals surface area contributed by atoms with Crippen molar-refractivity contribution in [1.29, 1.82) is 0 Å². The van der Waals surface area contributed by atoms with Gasteiger partial charge in [-0.2, -0.15) is 0 Å². The highest BCUT2D eigenvalue weighted by Gasteiger charge is 2.08. The number of anilines is 1. The van der Waals surface area contributed by atoms with Crippen LogP contribution < -0.4 is 11.1 Å². The summed E-state index contributed by atoms with van der Waals surface area (Å²) >= 11 is 0. The lowest BCUT2D eigenvalue weighted by atomic mass is 10.2. The molecule has 0 saturated carbocycles. The van der Waals surface area contributed by atoms with E-state index >= 15 is 0 Å². The Labute approximate surface area is 97.6 Å². The molecule has 0 aliphatic carbocycles. The molecule has 0 saturated heterocycles. The van der Waals surface area contributed by atoms with Crippen LogP contribution in [0.2, 0.25) is 0 Å². The number of benzene rings is 1.